The Kier molecular flexibility index (Phi) is 6.95. The van der Waals surface area contributed by atoms with Gasteiger partial charge in [0.2, 0.25) is 5.95 Å². The highest BCUT2D eigenvalue weighted by atomic mass is 15.2. The lowest BCUT2D eigenvalue weighted by Crippen LogP contribution is -2.34. The molecule has 27 heavy (non-hydrogen) atoms. The largest absolute Gasteiger partial charge is 0.371 e. The Bertz CT molecular complexity index is 618. The van der Waals surface area contributed by atoms with Crippen molar-refractivity contribution in [1.29, 1.82) is 0 Å². The van der Waals surface area contributed by atoms with Crippen LogP contribution in [0.1, 0.15) is 78.1 Å². The van der Waals surface area contributed by atoms with Gasteiger partial charge in [-0.05, 0) is 39.5 Å². The highest BCUT2D eigenvalue weighted by Crippen LogP contribution is 2.19. The summed E-state index contributed by atoms with van der Waals surface area (Å²) in [4.78, 5) is 21.5. The molecule has 0 saturated heterocycles. The first-order valence-electron chi connectivity index (χ1n) is 10.2. The summed E-state index contributed by atoms with van der Waals surface area (Å²) in [6, 6.07) is 0.974. The average Bonchev–Trinajstić information content (AvgIpc) is 2.62. The topological polar surface area (TPSA) is 113 Å². The van der Waals surface area contributed by atoms with Crippen LogP contribution in [0, 0.1) is 0 Å². The number of nitrogens with zero attached hydrogens (tertiary/aromatic N) is 5. The minimum atomic E-state index is 0.137. The van der Waals surface area contributed by atoms with Crippen molar-refractivity contribution in [2.45, 2.75) is 90.1 Å². The van der Waals surface area contributed by atoms with Crippen LogP contribution < -0.4 is 16.4 Å². The van der Waals surface area contributed by atoms with E-state index in [1.54, 1.807) is 0 Å². The molecule has 148 valence electrons. The summed E-state index contributed by atoms with van der Waals surface area (Å²) < 4.78 is 0. The summed E-state index contributed by atoms with van der Waals surface area (Å²) in [5.74, 6) is 2.34. The molecule has 4 N–H and O–H groups in total. The second-order valence-electron chi connectivity index (χ2n) is 7.65. The summed E-state index contributed by atoms with van der Waals surface area (Å²) >= 11 is 0. The van der Waals surface area contributed by atoms with Crippen LogP contribution in [-0.2, 0) is 0 Å². The Hall–Kier alpha value is -2.25. The molecule has 1 heterocycles. The van der Waals surface area contributed by atoms with Gasteiger partial charge < -0.3 is 16.4 Å². The van der Waals surface area contributed by atoms with E-state index in [9.17, 15) is 0 Å². The van der Waals surface area contributed by atoms with Crippen LogP contribution in [0.4, 0.5) is 17.8 Å². The number of aromatic nitrogens is 3. The Balaban J connectivity index is 1.65. The lowest BCUT2D eigenvalue weighted by Gasteiger charge is -2.23. The number of hydrogen-bond acceptors (Lipinski definition) is 6. The van der Waals surface area contributed by atoms with Crippen LogP contribution in [0.15, 0.2) is 9.98 Å². The monoisotopic (exact) mass is 372 g/mol. The quantitative estimate of drug-likeness (QED) is 0.551. The molecule has 1 aromatic rings. The van der Waals surface area contributed by atoms with Crippen LogP contribution in [0.2, 0.25) is 0 Å². The van der Waals surface area contributed by atoms with E-state index < -0.39 is 0 Å². The zero-order valence-electron chi connectivity index (χ0n) is 16.5. The first kappa shape index (κ1) is 19.5. The highest BCUT2D eigenvalue weighted by molar-refractivity contribution is 5.83. The van der Waals surface area contributed by atoms with Gasteiger partial charge in [0.05, 0.1) is 0 Å². The van der Waals surface area contributed by atoms with Crippen molar-refractivity contribution in [2.24, 2.45) is 9.98 Å². The maximum Gasteiger partial charge on any atom is 0.257 e. The van der Waals surface area contributed by atoms with Crippen molar-refractivity contribution in [3.63, 3.8) is 0 Å². The zero-order chi connectivity index (χ0) is 19.1. The van der Waals surface area contributed by atoms with Crippen molar-refractivity contribution < 1.29 is 0 Å². The molecular weight excluding hydrogens is 340 g/mol. The van der Waals surface area contributed by atoms with E-state index in [-0.39, 0.29) is 5.95 Å². The van der Waals surface area contributed by atoms with Crippen molar-refractivity contribution in [1.82, 2.24) is 25.6 Å². The van der Waals surface area contributed by atoms with Gasteiger partial charge in [-0.1, -0.05) is 38.5 Å². The van der Waals surface area contributed by atoms with Crippen molar-refractivity contribution in [3.05, 3.63) is 0 Å². The SMILES string of the molecule is CC(=Nc1nc(N)nc(N=C(C)NC2CCCCC2)n1)NC1CCCCC1. The molecule has 8 nitrogen and oxygen atoms in total. The highest BCUT2D eigenvalue weighted by Gasteiger charge is 2.15. The van der Waals surface area contributed by atoms with Gasteiger partial charge in [0.15, 0.2) is 0 Å². The van der Waals surface area contributed by atoms with Gasteiger partial charge in [-0.3, -0.25) is 0 Å². The van der Waals surface area contributed by atoms with Crippen molar-refractivity contribution in [2.75, 3.05) is 5.73 Å². The van der Waals surface area contributed by atoms with E-state index >= 15 is 0 Å². The summed E-state index contributed by atoms with van der Waals surface area (Å²) in [6.07, 6.45) is 12.5. The van der Waals surface area contributed by atoms with Crippen molar-refractivity contribution >= 4 is 29.5 Å². The third-order valence-electron chi connectivity index (χ3n) is 5.20. The van der Waals surface area contributed by atoms with E-state index in [0.29, 0.717) is 24.0 Å². The smallest absolute Gasteiger partial charge is 0.257 e. The molecule has 0 aromatic carbocycles. The molecule has 2 aliphatic rings. The first-order valence-corrected chi connectivity index (χ1v) is 10.2. The zero-order valence-corrected chi connectivity index (χ0v) is 16.5. The van der Waals surface area contributed by atoms with Gasteiger partial charge in [0.25, 0.3) is 11.9 Å². The lowest BCUT2D eigenvalue weighted by atomic mass is 9.95. The lowest BCUT2D eigenvalue weighted by molar-refractivity contribution is 0.413. The number of nitrogens with two attached hydrogens (primary N) is 1. The fraction of sp³-hybridized carbons (Fsp3) is 0.737. The molecule has 0 aliphatic heterocycles. The van der Waals surface area contributed by atoms with Crippen LogP contribution in [0.5, 0.6) is 0 Å². The number of rotatable bonds is 4. The van der Waals surface area contributed by atoms with E-state index in [2.05, 4.69) is 35.6 Å². The number of anilines is 1. The fourth-order valence-electron chi connectivity index (χ4n) is 3.92. The van der Waals surface area contributed by atoms with Crippen LogP contribution >= 0.6 is 0 Å². The molecule has 0 unspecified atom stereocenters. The van der Waals surface area contributed by atoms with Gasteiger partial charge in [-0.2, -0.15) is 24.9 Å². The fourth-order valence-corrected chi connectivity index (χ4v) is 3.92. The molecule has 0 radical (unpaired) electrons. The first-order chi connectivity index (χ1) is 13.1. The van der Waals surface area contributed by atoms with E-state index in [0.717, 1.165) is 11.7 Å². The molecule has 3 rings (SSSR count). The van der Waals surface area contributed by atoms with E-state index in [4.69, 9.17) is 5.73 Å². The summed E-state index contributed by atoms with van der Waals surface area (Å²) in [5.41, 5.74) is 5.84. The molecule has 0 amide bonds. The van der Waals surface area contributed by atoms with Gasteiger partial charge in [-0.25, -0.2) is 0 Å². The summed E-state index contributed by atoms with van der Waals surface area (Å²) in [7, 11) is 0. The molecule has 0 bridgehead atoms. The number of nitrogen functional groups attached to an aromatic ring is 1. The van der Waals surface area contributed by atoms with Gasteiger partial charge in [0.1, 0.15) is 11.7 Å². The number of aliphatic imine (C=N–C) groups is 2. The second kappa shape index (κ2) is 9.62. The molecule has 8 heteroatoms. The number of nitrogens with one attached hydrogen (secondary N) is 2. The molecule has 0 spiro atoms. The summed E-state index contributed by atoms with van der Waals surface area (Å²) in [5, 5.41) is 6.92. The maximum atomic E-state index is 5.84. The van der Waals surface area contributed by atoms with E-state index in [1.807, 2.05) is 13.8 Å². The van der Waals surface area contributed by atoms with Crippen LogP contribution in [-0.4, -0.2) is 38.7 Å². The third-order valence-corrected chi connectivity index (χ3v) is 5.20. The van der Waals surface area contributed by atoms with Gasteiger partial charge in [-0.15, -0.1) is 0 Å². The number of amidine groups is 2. The molecule has 0 atom stereocenters. The Morgan fingerprint density at radius 1 is 0.741 bits per heavy atom. The maximum absolute atomic E-state index is 5.84. The minimum Gasteiger partial charge on any atom is -0.371 e. The molecular formula is C19H32N8. The van der Waals surface area contributed by atoms with Crippen LogP contribution in [0.25, 0.3) is 0 Å². The number of hydrogen-bond donors (Lipinski definition) is 3. The van der Waals surface area contributed by atoms with E-state index in [1.165, 1.54) is 64.2 Å². The molecule has 2 saturated carbocycles. The second-order valence-corrected chi connectivity index (χ2v) is 7.65. The summed E-state index contributed by atoms with van der Waals surface area (Å²) in [6.45, 7) is 3.88. The predicted molar refractivity (Wildman–Crippen MR) is 110 cm³/mol. The van der Waals surface area contributed by atoms with Crippen molar-refractivity contribution in [3.8, 4) is 0 Å². The Morgan fingerprint density at radius 2 is 1.15 bits per heavy atom. The predicted octanol–water partition coefficient (Wildman–Crippen LogP) is 3.40. The third kappa shape index (κ3) is 6.45. The molecule has 2 fully saturated rings. The Labute approximate surface area is 161 Å². The van der Waals surface area contributed by atoms with Gasteiger partial charge >= 0.3 is 0 Å². The molecule has 1 aromatic heterocycles. The normalized spacial score (nSPS) is 20.5. The average molecular weight is 373 g/mol. The minimum absolute atomic E-state index is 0.137. The van der Waals surface area contributed by atoms with Gasteiger partial charge in [0, 0.05) is 12.1 Å². The van der Waals surface area contributed by atoms with Crippen LogP contribution in [0.3, 0.4) is 0 Å². The molecule has 2 aliphatic carbocycles. The Morgan fingerprint density at radius 3 is 1.56 bits per heavy atom. The standard InChI is InChI=1S/C19H32N8/c1-13(21-15-9-5-3-6-10-15)23-18-25-17(20)26-19(27-18)24-14(2)22-16-11-7-4-8-12-16/h15-16H,3-12H2,1-2H3,(H4,20,21,22,23,24,25,26,27).